The average Bonchev–Trinajstić information content (AvgIpc) is 2.62. The third-order valence-corrected chi connectivity index (χ3v) is 4.75. The maximum Gasteiger partial charge on any atom is 0.346 e. The van der Waals surface area contributed by atoms with Crippen LogP contribution in [0.4, 0.5) is 0 Å². The summed E-state index contributed by atoms with van der Waals surface area (Å²) in [6.45, 7) is 10.2. The van der Waals surface area contributed by atoms with Crippen LogP contribution in [0.15, 0.2) is 29.1 Å². The van der Waals surface area contributed by atoms with Crippen LogP contribution in [-0.4, -0.2) is 58.4 Å². The Labute approximate surface area is 147 Å². The molecule has 2 heterocycles. The lowest BCUT2D eigenvalue weighted by Gasteiger charge is -2.33. The Morgan fingerprint density at radius 1 is 1.16 bits per heavy atom. The number of benzene rings is 1. The smallest absolute Gasteiger partial charge is 0.335 e. The van der Waals surface area contributed by atoms with Crippen molar-refractivity contribution in [2.75, 3.05) is 32.7 Å². The zero-order valence-electron chi connectivity index (χ0n) is 15.0. The molecule has 1 N–H and O–H groups in total. The maximum atomic E-state index is 12.8. The second kappa shape index (κ2) is 7.19. The van der Waals surface area contributed by atoms with E-state index < -0.39 is 5.69 Å². The first kappa shape index (κ1) is 17.4. The Balaban J connectivity index is 1.91. The number of carbonyl (C=O) groups is 1. The van der Waals surface area contributed by atoms with Gasteiger partial charge in [0.05, 0.1) is 5.69 Å². The van der Waals surface area contributed by atoms with Gasteiger partial charge in [-0.2, -0.15) is 4.98 Å². The molecule has 1 aromatic heterocycles. The molecule has 1 saturated heterocycles. The average molecular weight is 340 g/mol. The lowest BCUT2D eigenvalue weighted by atomic mass is 10.0. The minimum Gasteiger partial charge on any atom is -0.335 e. The van der Waals surface area contributed by atoms with E-state index in [0.29, 0.717) is 24.5 Å². The Hall–Kier alpha value is -2.47. The van der Waals surface area contributed by atoms with Crippen molar-refractivity contribution in [2.24, 2.45) is 0 Å². The van der Waals surface area contributed by atoms with E-state index >= 15 is 0 Å². The summed E-state index contributed by atoms with van der Waals surface area (Å²) < 4.78 is 0. The molecule has 0 atom stereocenters. The number of amides is 1. The Bertz CT molecular complexity index is 836. The SMILES string of the molecule is CCN1CCN(C(=O)c2cc(-c3cc(C)ccc3C)nc(=O)[nH]2)CC1. The molecule has 0 radical (unpaired) electrons. The van der Waals surface area contributed by atoms with E-state index in [9.17, 15) is 9.59 Å². The number of rotatable bonds is 3. The predicted octanol–water partition coefficient (Wildman–Crippen LogP) is 1.83. The molecule has 3 rings (SSSR count). The number of likely N-dealkylation sites (N-methyl/N-ethyl adjacent to an activating group) is 1. The molecule has 1 aliphatic heterocycles. The number of H-pyrrole nitrogens is 1. The van der Waals surface area contributed by atoms with Gasteiger partial charge in [0, 0.05) is 31.7 Å². The first-order valence-electron chi connectivity index (χ1n) is 8.68. The summed E-state index contributed by atoms with van der Waals surface area (Å²) >= 11 is 0. The molecule has 1 fully saturated rings. The number of hydrogen-bond donors (Lipinski definition) is 1. The van der Waals surface area contributed by atoms with Gasteiger partial charge in [0.1, 0.15) is 5.69 Å². The number of nitrogens with one attached hydrogen (secondary N) is 1. The van der Waals surface area contributed by atoms with E-state index in [4.69, 9.17) is 0 Å². The van der Waals surface area contributed by atoms with Crippen LogP contribution < -0.4 is 5.69 Å². The molecule has 0 unspecified atom stereocenters. The quantitative estimate of drug-likeness (QED) is 0.925. The summed E-state index contributed by atoms with van der Waals surface area (Å²) in [6, 6.07) is 7.70. The molecule has 1 aromatic carbocycles. The number of hydrogen-bond acceptors (Lipinski definition) is 4. The molecule has 6 heteroatoms. The third-order valence-electron chi connectivity index (χ3n) is 4.75. The fraction of sp³-hybridized carbons (Fsp3) is 0.421. The number of aromatic nitrogens is 2. The molecule has 0 spiro atoms. The second-order valence-corrected chi connectivity index (χ2v) is 6.53. The van der Waals surface area contributed by atoms with E-state index in [1.807, 2.05) is 32.0 Å². The first-order valence-corrected chi connectivity index (χ1v) is 8.68. The number of nitrogens with zero attached hydrogens (tertiary/aromatic N) is 3. The van der Waals surface area contributed by atoms with Gasteiger partial charge in [-0.05, 0) is 38.1 Å². The van der Waals surface area contributed by atoms with Crippen LogP contribution in [0, 0.1) is 13.8 Å². The molecule has 1 aliphatic rings. The topological polar surface area (TPSA) is 69.3 Å². The number of carbonyl (C=O) groups excluding carboxylic acids is 1. The predicted molar refractivity (Wildman–Crippen MR) is 97.8 cm³/mol. The number of aromatic amines is 1. The van der Waals surface area contributed by atoms with E-state index in [1.54, 1.807) is 11.0 Å². The Kier molecular flexibility index (Phi) is 4.99. The van der Waals surface area contributed by atoms with Crippen LogP contribution in [0.25, 0.3) is 11.3 Å². The van der Waals surface area contributed by atoms with Gasteiger partial charge in [0.2, 0.25) is 0 Å². The van der Waals surface area contributed by atoms with Gasteiger partial charge in [-0.25, -0.2) is 4.79 Å². The van der Waals surface area contributed by atoms with Crippen molar-refractivity contribution < 1.29 is 4.79 Å². The van der Waals surface area contributed by atoms with Crippen molar-refractivity contribution >= 4 is 5.91 Å². The molecule has 25 heavy (non-hydrogen) atoms. The summed E-state index contributed by atoms with van der Waals surface area (Å²) in [7, 11) is 0. The summed E-state index contributed by atoms with van der Waals surface area (Å²) in [5, 5.41) is 0. The van der Waals surface area contributed by atoms with Crippen LogP contribution in [0.1, 0.15) is 28.5 Å². The standard InChI is InChI=1S/C19H24N4O2/c1-4-22-7-9-23(10-8-22)18(24)17-12-16(20-19(25)21-17)15-11-13(2)5-6-14(15)3/h5-6,11-12H,4,7-10H2,1-3H3,(H,20,21,25). The van der Waals surface area contributed by atoms with Crippen molar-refractivity contribution in [2.45, 2.75) is 20.8 Å². The van der Waals surface area contributed by atoms with Crippen LogP contribution >= 0.6 is 0 Å². The second-order valence-electron chi connectivity index (χ2n) is 6.53. The lowest BCUT2D eigenvalue weighted by Crippen LogP contribution is -2.48. The summed E-state index contributed by atoms with van der Waals surface area (Å²) in [4.78, 5) is 35.6. The largest absolute Gasteiger partial charge is 0.346 e. The normalized spacial score (nSPS) is 15.4. The maximum absolute atomic E-state index is 12.8. The summed E-state index contributed by atoms with van der Waals surface area (Å²) in [5.41, 5.74) is 3.36. The summed E-state index contributed by atoms with van der Waals surface area (Å²) in [6.07, 6.45) is 0. The molecule has 2 aromatic rings. The van der Waals surface area contributed by atoms with Crippen molar-refractivity contribution in [3.05, 3.63) is 51.6 Å². The van der Waals surface area contributed by atoms with Gasteiger partial charge in [0.25, 0.3) is 5.91 Å². The van der Waals surface area contributed by atoms with Crippen molar-refractivity contribution in [1.29, 1.82) is 0 Å². The van der Waals surface area contributed by atoms with Crippen LogP contribution in [0.3, 0.4) is 0 Å². The first-order chi connectivity index (χ1) is 12.0. The molecular weight excluding hydrogens is 316 g/mol. The van der Waals surface area contributed by atoms with Crippen molar-refractivity contribution in [3.8, 4) is 11.3 Å². The van der Waals surface area contributed by atoms with Gasteiger partial charge in [-0.3, -0.25) is 4.79 Å². The molecule has 0 saturated carbocycles. The number of piperazine rings is 1. The highest BCUT2D eigenvalue weighted by Crippen LogP contribution is 2.22. The van der Waals surface area contributed by atoms with Crippen LogP contribution in [0.2, 0.25) is 0 Å². The Morgan fingerprint density at radius 2 is 1.88 bits per heavy atom. The van der Waals surface area contributed by atoms with Crippen LogP contribution in [-0.2, 0) is 0 Å². The van der Waals surface area contributed by atoms with E-state index in [-0.39, 0.29) is 5.91 Å². The zero-order valence-corrected chi connectivity index (χ0v) is 15.0. The van der Waals surface area contributed by atoms with Gasteiger partial charge < -0.3 is 14.8 Å². The lowest BCUT2D eigenvalue weighted by molar-refractivity contribution is 0.0637. The van der Waals surface area contributed by atoms with Crippen molar-refractivity contribution in [1.82, 2.24) is 19.8 Å². The van der Waals surface area contributed by atoms with E-state index in [0.717, 1.165) is 36.3 Å². The van der Waals surface area contributed by atoms with Gasteiger partial charge in [-0.15, -0.1) is 0 Å². The fourth-order valence-electron chi connectivity index (χ4n) is 3.16. The molecule has 132 valence electrons. The molecule has 6 nitrogen and oxygen atoms in total. The highest BCUT2D eigenvalue weighted by molar-refractivity contribution is 5.93. The molecular formula is C19H24N4O2. The molecule has 0 bridgehead atoms. The van der Waals surface area contributed by atoms with Crippen LogP contribution in [0.5, 0.6) is 0 Å². The summed E-state index contributed by atoms with van der Waals surface area (Å²) in [5.74, 6) is -0.137. The highest BCUT2D eigenvalue weighted by atomic mass is 16.2. The molecule has 1 amide bonds. The van der Waals surface area contributed by atoms with Gasteiger partial charge in [0.15, 0.2) is 0 Å². The highest BCUT2D eigenvalue weighted by Gasteiger charge is 2.22. The monoisotopic (exact) mass is 340 g/mol. The van der Waals surface area contributed by atoms with Crippen molar-refractivity contribution in [3.63, 3.8) is 0 Å². The van der Waals surface area contributed by atoms with E-state index in [2.05, 4.69) is 21.8 Å². The fourth-order valence-corrected chi connectivity index (χ4v) is 3.16. The Morgan fingerprint density at radius 3 is 2.56 bits per heavy atom. The molecule has 0 aliphatic carbocycles. The minimum absolute atomic E-state index is 0.137. The van der Waals surface area contributed by atoms with Gasteiger partial charge in [-0.1, -0.05) is 24.6 Å². The zero-order chi connectivity index (χ0) is 18.0. The van der Waals surface area contributed by atoms with Gasteiger partial charge >= 0.3 is 5.69 Å². The minimum atomic E-state index is -0.492. The number of aryl methyl sites for hydroxylation is 2. The van der Waals surface area contributed by atoms with E-state index in [1.165, 1.54) is 0 Å². The third kappa shape index (κ3) is 3.79.